The molecule has 0 aliphatic carbocycles. The molecule has 0 saturated carbocycles. The van der Waals surface area contributed by atoms with Gasteiger partial charge < -0.3 is 15.0 Å². The zero-order chi connectivity index (χ0) is 13.8. The van der Waals surface area contributed by atoms with E-state index >= 15 is 0 Å². The van der Waals surface area contributed by atoms with Crippen LogP contribution in [0.5, 0.6) is 0 Å². The van der Waals surface area contributed by atoms with Crippen molar-refractivity contribution in [2.75, 3.05) is 18.5 Å². The quantitative estimate of drug-likeness (QED) is 0.883. The molecule has 6 nitrogen and oxygen atoms in total. The number of pyridine rings is 1. The third-order valence-electron chi connectivity index (χ3n) is 3.30. The van der Waals surface area contributed by atoms with Gasteiger partial charge in [-0.05, 0) is 31.0 Å². The van der Waals surface area contributed by atoms with Crippen LogP contribution in [-0.2, 0) is 4.74 Å². The lowest BCUT2D eigenvalue weighted by Crippen LogP contribution is -2.28. The molecule has 0 aromatic carbocycles. The van der Waals surface area contributed by atoms with E-state index in [2.05, 4.69) is 20.3 Å². The molecule has 0 spiro atoms. The molecule has 2 N–H and O–H groups in total. The zero-order valence-electron chi connectivity index (χ0n) is 11.0. The molecule has 0 radical (unpaired) electrons. The number of hydrogen-bond acceptors (Lipinski definition) is 5. The Morgan fingerprint density at radius 2 is 2.15 bits per heavy atom. The number of nitrogens with one attached hydrogen (secondary N) is 2. The molecule has 1 aliphatic heterocycles. The molecule has 1 fully saturated rings. The summed E-state index contributed by atoms with van der Waals surface area (Å²) in [5.74, 6) is 0.553. The van der Waals surface area contributed by atoms with Crippen LogP contribution in [0.4, 0.5) is 5.95 Å². The van der Waals surface area contributed by atoms with Crippen LogP contribution in [0.3, 0.4) is 0 Å². The molecule has 0 bridgehead atoms. The maximum atomic E-state index is 11.8. The van der Waals surface area contributed by atoms with E-state index in [9.17, 15) is 4.79 Å². The van der Waals surface area contributed by atoms with Gasteiger partial charge in [0.05, 0.1) is 11.3 Å². The van der Waals surface area contributed by atoms with Gasteiger partial charge in [0.25, 0.3) is 5.56 Å². The van der Waals surface area contributed by atoms with E-state index < -0.39 is 0 Å². The van der Waals surface area contributed by atoms with Crippen molar-refractivity contribution in [2.45, 2.75) is 18.9 Å². The fourth-order valence-corrected chi connectivity index (χ4v) is 2.23. The van der Waals surface area contributed by atoms with Gasteiger partial charge in [0.2, 0.25) is 5.95 Å². The van der Waals surface area contributed by atoms with Crippen LogP contribution in [-0.4, -0.2) is 34.2 Å². The topological polar surface area (TPSA) is 79.9 Å². The minimum atomic E-state index is -0.150. The summed E-state index contributed by atoms with van der Waals surface area (Å²) in [7, 11) is 0. The maximum absolute atomic E-state index is 11.8. The third-order valence-corrected chi connectivity index (χ3v) is 3.30. The van der Waals surface area contributed by atoms with Gasteiger partial charge in [0, 0.05) is 31.6 Å². The largest absolute Gasteiger partial charge is 0.381 e. The highest BCUT2D eigenvalue weighted by atomic mass is 16.5. The van der Waals surface area contributed by atoms with Gasteiger partial charge in [-0.3, -0.25) is 4.79 Å². The first-order valence-corrected chi connectivity index (χ1v) is 6.68. The van der Waals surface area contributed by atoms with Gasteiger partial charge in [-0.2, -0.15) is 0 Å². The van der Waals surface area contributed by atoms with E-state index in [0.717, 1.165) is 26.1 Å². The SMILES string of the molecule is O=c1[nH]cccc1-c1ccnc(NC2CCOCC2)n1. The lowest BCUT2D eigenvalue weighted by Gasteiger charge is -2.23. The van der Waals surface area contributed by atoms with Crippen LogP contribution in [0.2, 0.25) is 0 Å². The highest BCUT2D eigenvalue weighted by molar-refractivity contribution is 5.58. The Balaban J connectivity index is 1.82. The minimum Gasteiger partial charge on any atom is -0.381 e. The summed E-state index contributed by atoms with van der Waals surface area (Å²) in [6.45, 7) is 1.52. The van der Waals surface area contributed by atoms with Gasteiger partial charge in [0.1, 0.15) is 0 Å². The van der Waals surface area contributed by atoms with E-state index in [1.165, 1.54) is 0 Å². The second-order valence-electron chi connectivity index (χ2n) is 4.71. The van der Waals surface area contributed by atoms with Crippen molar-refractivity contribution in [1.29, 1.82) is 0 Å². The number of H-pyrrole nitrogens is 1. The first kappa shape index (κ1) is 12.8. The standard InChI is InChI=1S/C14H16N4O2/c19-13-11(2-1-6-15-13)12-3-7-16-14(18-12)17-10-4-8-20-9-5-10/h1-3,6-7,10H,4-5,8-9H2,(H,15,19)(H,16,17,18). The van der Waals surface area contributed by atoms with E-state index in [-0.39, 0.29) is 5.56 Å². The molecule has 1 aliphatic rings. The number of aromatic amines is 1. The summed E-state index contributed by atoms with van der Waals surface area (Å²) < 4.78 is 5.32. The van der Waals surface area contributed by atoms with Crippen LogP contribution in [0.1, 0.15) is 12.8 Å². The maximum Gasteiger partial charge on any atom is 0.257 e. The fourth-order valence-electron chi connectivity index (χ4n) is 2.23. The second-order valence-corrected chi connectivity index (χ2v) is 4.71. The van der Waals surface area contributed by atoms with Crippen molar-refractivity contribution in [3.63, 3.8) is 0 Å². The number of ether oxygens (including phenoxy) is 1. The predicted molar refractivity (Wildman–Crippen MR) is 75.6 cm³/mol. The van der Waals surface area contributed by atoms with Crippen molar-refractivity contribution >= 4 is 5.95 Å². The summed E-state index contributed by atoms with van der Waals surface area (Å²) in [4.78, 5) is 23.0. The second kappa shape index (κ2) is 5.83. The van der Waals surface area contributed by atoms with Crippen molar-refractivity contribution in [2.24, 2.45) is 0 Å². The Bertz CT molecular complexity index is 635. The first-order chi connectivity index (χ1) is 9.83. The molecule has 0 unspecified atom stereocenters. The Hall–Kier alpha value is -2.21. The molecule has 0 amide bonds. The molecule has 2 aromatic rings. The molecule has 20 heavy (non-hydrogen) atoms. The smallest absolute Gasteiger partial charge is 0.257 e. The molecule has 104 valence electrons. The summed E-state index contributed by atoms with van der Waals surface area (Å²) in [5.41, 5.74) is 1.02. The molecule has 0 atom stereocenters. The molecule has 2 aromatic heterocycles. The van der Waals surface area contributed by atoms with Crippen LogP contribution in [0.15, 0.2) is 35.4 Å². The highest BCUT2D eigenvalue weighted by Crippen LogP contribution is 2.15. The summed E-state index contributed by atoms with van der Waals surface area (Å²) >= 11 is 0. The van der Waals surface area contributed by atoms with E-state index in [1.54, 1.807) is 30.6 Å². The molecule has 6 heteroatoms. The molecular weight excluding hydrogens is 256 g/mol. The number of anilines is 1. The normalized spacial score (nSPS) is 16.0. The highest BCUT2D eigenvalue weighted by Gasteiger charge is 2.15. The van der Waals surface area contributed by atoms with Crippen molar-refractivity contribution in [1.82, 2.24) is 15.0 Å². The van der Waals surface area contributed by atoms with Crippen LogP contribution < -0.4 is 10.9 Å². The average molecular weight is 272 g/mol. The Kier molecular flexibility index (Phi) is 3.73. The zero-order valence-corrected chi connectivity index (χ0v) is 11.0. The monoisotopic (exact) mass is 272 g/mol. The number of rotatable bonds is 3. The first-order valence-electron chi connectivity index (χ1n) is 6.68. The number of nitrogens with zero attached hydrogens (tertiary/aromatic N) is 2. The molecule has 3 heterocycles. The van der Waals surface area contributed by atoms with Crippen molar-refractivity contribution in [3.8, 4) is 11.3 Å². The van der Waals surface area contributed by atoms with E-state index in [0.29, 0.717) is 23.2 Å². The average Bonchev–Trinajstić information content (AvgIpc) is 2.49. The van der Waals surface area contributed by atoms with Gasteiger partial charge in [0.15, 0.2) is 0 Å². The summed E-state index contributed by atoms with van der Waals surface area (Å²) in [6, 6.07) is 5.59. The lowest BCUT2D eigenvalue weighted by atomic mass is 10.1. The molecular formula is C14H16N4O2. The molecule has 3 rings (SSSR count). The van der Waals surface area contributed by atoms with Crippen LogP contribution >= 0.6 is 0 Å². The minimum absolute atomic E-state index is 0.150. The van der Waals surface area contributed by atoms with Gasteiger partial charge in [-0.25, -0.2) is 9.97 Å². The van der Waals surface area contributed by atoms with Gasteiger partial charge >= 0.3 is 0 Å². The van der Waals surface area contributed by atoms with Gasteiger partial charge in [-0.1, -0.05) is 0 Å². The van der Waals surface area contributed by atoms with Crippen LogP contribution in [0.25, 0.3) is 11.3 Å². The summed E-state index contributed by atoms with van der Waals surface area (Å²) in [5, 5.41) is 3.30. The Labute approximate surface area is 116 Å². The lowest BCUT2D eigenvalue weighted by molar-refractivity contribution is 0.0903. The number of aromatic nitrogens is 3. The van der Waals surface area contributed by atoms with Crippen molar-refractivity contribution < 1.29 is 4.74 Å². The molecule has 1 saturated heterocycles. The fraction of sp³-hybridized carbons (Fsp3) is 0.357. The van der Waals surface area contributed by atoms with Gasteiger partial charge in [-0.15, -0.1) is 0 Å². The summed E-state index contributed by atoms with van der Waals surface area (Å²) in [6.07, 6.45) is 5.16. The van der Waals surface area contributed by atoms with E-state index in [1.807, 2.05) is 0 Å². The third kappa shape index (κ3) is 2.85. The Morgan fingerprint density at radius 1 is 1.30 bits per heavy atom. The number of hydrogen-bond donors (Lipinski definition) is 2. The van der Waals surface area contributed by atoms with Crippen LogP contribution in [0, 0.1) is 0 Å². The van der Waals surface area contributed by atoms with Crippen molar-refractivity contribution in [3.05, 3.63) is 40.9 Å². The Morgan fingerprint density at radius 3 is 2.95 bits per heavy atom. The van der Waals surface area contributed by atoms with E-state index in [4.69, 9.17) is 4.74 Å². The predicted octanol–water partition coefficient (Wildman–Crippen LogP) is 1.42.